The molecule has 0 aliphatic rings. The van der Waals surface area contributed by atoms with Crippen LogP contribution >= 0.6 is 11.8 Å². The molecule has 1 nitrogen and oxygen atoms in total. The summed E-state index contributed by atoms with van der Waals surface area (Å²) >= 11 is 2.03. The van der Waals surface area contributed by atoms with Crippen LogP contribution in [0.25, 0.3) is 0 Å². The minimum absolute atomic E-state index is 0.579. The maximum absolute atomic E-state index is 3.41. The molecular weight excluding hydrogens is 226 g/mol. The van der Waals surface area contributed by atoms with Crippen molar-refractivity contribution in [3.8, 4) is 0 Å². The summed E-state index contributed by atoms with van der Waals surface area (Å²) < 4.78 is 0. The van der Waals surface area contributed by atoms with Crippen molar-refractivity contribution >= 4 is 11.8 Å². The van der Waals surface area contributed by atoms with E-state index in [2.05, 4.69) is 57.4 Å². The third-order valence-corrected chi connectivity index (χ3v) is 4.21. The van der Waals surface area contributed by atoms with Gasteiger partial charge in [-0.15, -0.1) is 0 Å². The van der Waals surface area contributed by atoms with Gasteiger partial charge in [0.1, 0.15) is 0 Å². The molecule has 2 heteroatoms. The third-order valence-electron chi connectivity index (χ3n) is 2.95. The Labute approximate surface area is 110 Å². The Kier molecular flexibility index (Phi) is 6.68. The van der Waals surface area contributed by atoms with Crippen molar-refractivity contribution in [1.29, 1.82) is 0 Å². The van der Waals surface area contributed by atoms with Crippen molar-refractivity contribution in [2.45, 2.75) is 44.9 Å². The molecule has 0 aromatic heterocycles. The molecule has 0 amide bonds. The maximum atomic E-state index is 3.41. The fraction of sp³-hybridized carbons (Fsp3) is 0.600. The van der Waals surface area contributed by atoms with Crippen LogP contribution in [0.2, 0.25) is 0 Å². The molecular formula is C15H25NS. The zero-order valence-corrected chi connectivity index (χ0v) is 12.3. The summed E-state index contributed by atoms with van der Waals surface area (Å²) in [4.78, 5) is 0. The molecule has 0 radical (unpaired) electrons. The van der Waals surface area contributed by atoms with Crippen LogP contribution < -0.4 is 5.32 Å². The summed E-state index contributed by atoms with van der Waals surface area (Å²) in [7, 11) is 2.06. The largest absolute Gasteiger partial charge is 0.316 e. The molecule has 0 spiro atoms. The standard InChI is InChI=1S/C15H25NS/c1-5-13-6-8-14(9-7-13)10-15(16-4)11-17-12(2)3/h6-9,12,15-16H,5,10-11H2,1-4H3. The Hall–Kier alpha value is -0.470. The SMILES string of the molecule is CCc1ccc(CC(CSC(C)C)NC)cc1. The Bertz CT molecular complexity index is 305. The van der Waals surface area contributed by atoms with E-state index in [1.165, 1.54) is 16.9 Å². The van der Waals surface area contributed by atoms with E-state index in [1.54, 1.807) is 0 Å². The van der Waals surface area contributed by atoms with Gasteiger partial charge in [-0.05, 0) is 36.3 Å². The summed E-state index contributed by atoms with van der Waals surface area (Å²) in [5.41, 5.74) is 2.86. The van der Waals surface area contributed by atoms with Crippen LogP contribution in [0.15, 0.2) is 24.3 Å². The first-order chi connectivity index (χ1) is 8.15. The molecule has 1 rings (SSSR count). The third kappa shape index (κ3) is 5.60. The molecule has 0 aliphatic heterocycles. The predicted molar refractivity (Wildman–Crippen MR) is 80.0 cm³/mol. The van der Waals surface area contributed by atoms with Crippen molar-refractivity contribution in [3.05, 3.63) is 35.4 Å². The van der Waals surface area contributed by atoms with Gasteiger partial charge in [-0.3, -0.25) is 0 Å². The summed E-state index contributed by atoms with van der Waals surface area (Å²) in [5.74, 6) is 1.18. The van der Waals surface area contributed by atoms with E-state index in [0.717, 1.165) is 12.8 Å². The van der Waals surface area contributed by atoms with E-state index < -0.39 is 0 Å². The molecule has 0 heterocycles. The summed E-state index contributed by atoms with van der Waals surface area (Å²) in [6, 6.07) is 9.61. The average molecular weight is 251 g/mol. The van der Waals surface area contributed by atoms with E-state index in [0.29, 0.717) is 11.3 Å². The van der Waals surface area contributed by atoms with Crippen molar-refractivity contribution in [2.24, 2.45) is 0 Å². The van der Waals surface area contributed by atoms with Crippen LogP contribution in [0, 0.1) is 0 Å². The molecule has 1 atom stereocenters. The Balaban J connectivity index is 2.48. The molecule has 0 saturated heterocycles. The zero-order chi connectivity index (χ0) is 12.7. The van der Waals surface area contributed by atoms with Gasteiger partial charge in [0.15, 0.2) is 0 Å². The number of hydrogen-bond donors (Lipinski definition) is 1. The number of thioether (sulfide) groups is 1. The summed E-state index contributed by atoms with van der Waals surface area (Å²) in [5, 5.41) is 4.13. The van der Waals surface area contributed by atoms with Crippen molar-refractivity contribution in [2.75, 3.05) is 12.8 Å². The van der Waals surface area contributed by atoms with Crippen LogP contribution in [0.3, 0.4) is 0 Å². The highest BCUT2D eigenvalue weighted by atomic mass is 32.2. The van der Waals surface area contributed by atoms with E-state index in [-0.39, 0.29) is 0 Å². The van der Waals surface area contributed by atoms with E-state index >= 15 is 0 Å². The number of aryl methyl sites for hydroxylation is 1. The van der Waals surface area contributed by atoms with Crippen LogP contribution in [-0.4, -0.2) is 24.1 Å². The molecule has 1 N–H and O–H groups in total. The van der Waals surface area contributed by atoms with E-state index in [1.807, 2.05) is 11.8 Å². The van der Waals surface area contributed by atoms with Crippen LogP contribution in [0.5, 0.6) is 0 Å². The number of benzene rings is 1. The molecule has 0 saturated carbocycles. The lowest BCUT2D eigenvalue weighted by Gasteiger charge is -2.17. The number of nitrogens with one attached hydrogen (secondary N) is 1. The lowest BCUT2D eigenvalue weighted by Crippen LogP contribution is -2.30. The monoisotopic (exact) mass is 251 g/mol. The number of likely N-dealkylation sites (N-methyl/N-ethyl adjacent to an activating group) is 1. The van der Waals surface area contributed by atoms with Gasteiger partial charge >= 0.3 is 0 Å². The molecule has 1 aromatic carbocycles. The first-order valence-corrected chi connectivity index (χ1v) is 7.57. The van der Waals surface area contributed by atoms with Crippen LogP contribution in [-0.2, 0) is 12.8 Å². The van der Waals surface area contributed by atoms with Gasteiger partial charge < -0.3 is 5.32 Å². The smallest absolute Gasteiger partial charge is 0.0195 e. The molecule has 1 unspecified atom stereocenters. The number of hydrogen-bond acceptors (Lipinski definition) is 2. The molecule has 0 aliphatic carbocycles. The van der Waals surface area contributed by atoms with Crippen LogP contribution in [0.1, 0.15) is 31.9 Å². The topological polar surface area (TPSA) is 12.0 Å². The Morgan fingerprint density at radius 3 is 2.18 bits per heavy atom. The minimum Gasteiger partial charge on any atom is -0.316 e. The highest BCUT2D eigenvalue weighted by Crippen LogP contribution is 2.14. The van der Waals surface area contributed by atoms with Gasteiger partial charge in [0.05, 0.1) is 0 Å². The van der Waals surface area contributed by atoms with Crippen molar-refractivity contribution < 1.29 is 0 Å². The molecule has 0 fully saturated rings. The summed E-state index contributed by atoms with van der Waals surface area (Å²) in [6.45, 7) is 6.71. The van der Waals surface area contributed by atoms with Gasteiger partial charge in [-0.25, -0.2) is 0 Å². The molecule has 17 heavy (non-hydrogen) atoms. The second-order valence-electron chi connectivity index (χ2n) is 4.74. The summed E-state index contributed by atoms with van der Waals surface area (Å²) in [6.07, 6.45) is 2.25. The molecule has 96 valence electrons. The van der Waals surface area contributed by atoms with Crippen molar-refractivity contribution in [3.63, 3.8) is 0 Å². The highest BCUT2D eigenvalue weighted by molar-refractivity contribution is 7.99. The second kappa shape index (κ2) is 7.78. The lowest BCUT2D eigenvalue weighted by molar-refractivity contribution is 0.616. The maximum Gasteiger partial charge on any atom is 0.0195 e. The normalized spacial score (nSPS) is 13.0. The average Bonchev–Trinajstić information content (AvgIpc) is 2.35. The number of rotatable bonds is 7. The van der Waals surface area contributed by atoms with E-state index in [4.69, 9.17) is 0 Å². The lowest BCUT2D eigenvalue weighted by atomic mass is 10.0. The quantitative estimate of drug-likeness (QED) is 0.796. The zero-order valence-electron chi connectivity index (χ0n) is 11.5. The second-order valence-corrected chi connectivity index (χ2v) is 6.35. The van der Waals surface area contributed by atoms with E-state index in [9.17, 15) is 0 Å². The first-order valence-electron chi connectivity index (χ1n) is 6.52. The highest BCUT2D eigenvalue weighted by Gasteiger charge is 2.08. The van der Waals surface area contributed by atoms with Gasteiger partial charge in [0.2, 0.25) is 0 Å². The van der Waals surface area contributed by atoms with Gasteiger partial charge in [0, 0.05) is 11.8 Å². The van der Waals surface area contributed by atoms with Gasteiger partial charge in [-0.2, -0.15) is 11.8 Å². The predicted octanol–water partition coefficient (Wildman–Crippen LogP) is 3.52. The van der Waals surface area contributed by atoms with Gasteiger partial charge in [0.25, 0.3) is 0 Å². The van der Waals surface area contributed by atoms with Crippen molar-refractivity contribution in [1.82, 2.24) is 5.32 Å². The minimum atomic E-state index is 0.579. The van der Waals surface area contributed by atoms with Crippen LogP contribution in [0.4, 0.5) is 0 Å². The molecule has 0 bridgehead atoms. The fourth-order valence-corrected chi connectivity index (χ4v) is 2.65. The fourth-order valence-electron chi connectivity index (χ4n) is 1.75. The first kappa shape index (κ1) is 14.6. The van der Waals surface area contributed by atoms with Gasteiger partial charge in [-0.1, -0.05) is 45.0 Å². The Morgan fingerprint density at radius 2 is 1.71 bits per heavy atom. The molecule has 1 aromatic rings. The Morgan fingerprint density at radius 1 is 1.12 bits per heavy atom.